The molecule has 0 spiro atoms. The van der Waals surface area contributed by atoms with Crippen LogP contribution >= 0.6 is 0 Å². The van der Waals surface area contributed by atoms with E-state index in [0.29, 0.717) is 6.04 Å². The lowest BCUT2D eigenvalue weighted by Gasteiger charge is -2.24. The van der Waals surface area contributed by atoms with Gasteiger partial charge in [0.2, 0.25) is 0 Å². The van der Waals surface area contributed by atoms with Crippen LogP contribution in [0.1, 0.15) is 32.4 Å². The summed E-state index contributed by atoms with van der Waals surface area (Å²) in [6.07, 6.45) is 5.29. The summed E-state index contributed by atoms with van der Waals surface area (Å²) in [5.74, 6) is 0.947. The first-order valence-corrected chi connectivity index (χ1v) is 6.58. The Balaban J connectivity index is 1.83. The molecule has 0 saturated carbocycles. The number of aromatic nitrogens is 2. The molecule has 2 rings (SSSR count). The molecular formula is C13H22N4. The third-order valence-corrected chi connectivity index (χ3v) is 3.43. The molecule has 17 heavy (non-hydrogen) atoms. The van der Waals surface area contributed by atoms with Gasteiger partial charge in [0.15, 0.2) is 0 Å². The molecule has 0 aromatic carbocycles. The number of hydrogen-bond acceptors (Lipinski definition) is 4. The van der Waals surface area contributed by atoms with E-state index in [2.05, 4.69) is 34.0 Å². The topological polar surface area (TPSA) is 41.0 Å². The summed E-state index contributed by atoms with van der Waals surface area (Å²) in [4.78, 5) is 11.0. The lowest BCUT2D eigenvalue weighted by molar-refractivity contribution is 0.269. The highest BCUT2D eigenvalue weighted by Gasteiger charge is 2.17. The summed E-state index contributed by atoms with van der Waals surface area (Å²) >= 11 is 0. The number of nitrogens with zero attached hydrogens (tertiary/aromatic N) is 3. The van der Waals surface area contributed by atoms with E-state index >= 15 is 0 Å². The Kier molecular flexibility index (Phi) is 4.31. The van der Waals surface area contributed by atoms with Crippen molar-refractivity contribution in [2.45, 2.75) is 39.2 Å². The van der Waals surface area contributed by atoms with Crippen LogP contribution in [-0.4, -0.2) is 40.5 Å². The highest BCUT2D eigenvalue weighted by Crippen LogP contribution is 2.12. The van der Waals surface area contributed by atoms with Gasteiger partial charge in [-0.15, -0.1) is 0 Å². The van der Waals surface area contributed by atoms with E-state index in [0.717, 1.165) is 24.5 Å². The second-order valence-corrected chi connectivity index (χ2v) is 4.72. The Bertz CT molecular complexity index is 347. The zero-order valence-electron chi connectivity index (χ0n) is 10.8. The Morgan fingerprint density at radius 2 is 2.12 bits per heavy atom. The Morgan fingerprint density at radius 3 is 2.82 bits per heavy atom. The predicted octanol–water partition coefficient (Wildman–Crippen LogP) is 1.94. The van der Waals surface area contributed by atoms with Gasteiger partial charge in [-0.05, 0) is 39.3 Å². The fourth-order valence-corrected chi connectivity index (χ4v) is 2.25. The van der Waals surface area contributed by atoms with Crippen molar-refractivity contribution in [1.82, 2.24) is 14.9 Å². The minimum atomic E-state index is 0.581. The fraction of sp³-hybridized carbons (Fsp3) is 0.692. The molecule has 94 valence electrons. The van der Waals surface area contributed by atoms with Crippen molar-refractivity contribution in [1.29, 1.82) is 0 Å². The van der Waals surface area contributed by atoms with Crippen LogP contribution in [0.25, 0.3) is 0 Å². The van der Waals surface area contributed by atoms with Crippen LogP contribution in [-0.2, 0) is 6.42 Å². The molecule has 1 aromatic rings. The summed E-state index contributed by atoms with van der Waals surface area (Å²) in [6.45, 7) is 7.83. The molecular weight excluding hydrogens is 212 g/mol. The van der Waals surface area contributed by atoms with Gasteiger partial charge >= 0.3 is 0 Å². The zero-order valence-corrected chi connectivity index (χ0v) is 10.8. The number of likely N-dealkylation sites (tertiary alicyclic amines) is 1. The molecule has 1 aliphatic rings. The normalized spacial score (nSPS) is 18.2. The van der Waals surface area contributed by atoms with E-state index in [-0.39, 0.29) is 0 Å². The molecule has 0 amide bonds. The van der Waals surface area contributed by atoms with Crippen LogP contribution < -0.4 is 5.32 Å². The van der Waals surface area contributed by atoms with Crippen molar-refractivity contribution >= 4 is 5.82 Å². The third-order valence-electron chi connectivity index (χ3n) is 3.43. The highest BCUT2D eigenvalue weighted by molar-refractivity contribution is 5.34. The average Bonchev–Trinajstić information content (AvgIpc) is 2.90. The highest BCUT2D eigenvalue weighted by atomic mass is 15.2. The summed E-state index contributed by atoms with van der Waals surface area (Å²) in [7, 11) is 0. The monoisotopic (exact) mass is 234 g/mol. The summed E-state index contributed by atoms with van der Waals surface area (Å²) in [5.41, 5.74) is 1.09. The maximum absolute atomic E-state index is 4.25. The SMILES string of the molecule is CCc1cc(NCC(C)N2CCCC2)ncn1. The molecule has 1 aromatic heterocycles. The van der Waals surface area contributed by atoms with Crippen LogP contribution in [0.3, 0.4) is 0 Å². The Labute approximate surface area is 103 Å². The Hall–Kier alpha value is -1.16. The van der Waals surface area contributed by atoms with E-state index in [1.807, 2.05) is 6.07 Å². The van der Waals surface area contributed by atoms with Gasteiger partial charge in [-0.25, -0.2) is 9.97 Å². The maximum Gasteiger partial charge on any atom is 0.129 e. The molecule has 4 heteroatoms. The summed E-state index contributed by atoms with van der Waals surface area (Å²) in [6, 6.07) is 2.62. The van der Waals surface area contributed by atoms with Gasteiger partial charge in [-0.1, -0.05) is 6.92 Å². The van der Waals surface area contributed by atoms with E-state index in [1.165, 1.54) is 25.9 Å². The molecule has 1 unspecified atom stereocenters. The second-order valence-electron chi connectivity index (χ2n) is 4.72. The molecule has 1 fully saturated rings. The first-order valence-electron chi connectivity index (χ1n) is 6.58. The molecule has 1 atom stereocenters. The van der Waals surface area contributed by atoms with Gasteiger partial charge in [0, 0.05) is 24.3 Å². The van der Waals surface area contributed by atoms with Crippen molar-refractivity contribution in [2.24, 2.45) is 0 Å². The molecule has 1 N–H and O–H groups in total. The zero-order chi connectivity index (χ0) is 12.1. The quantitative estimate of drug-likeness (QED) is 0.845. The minimum Gasteiger partial charge on any atom is -0.368 e. The van der Waals surface area contributed by atoms with Crippen molar-refractivity contribution in [3.8, 4) is 0 Å². The standard InChI is InChI=1S/C13H22N4/c1-3-12-8-13(16-10-15-12)14-9-11(2)17-6-4-5-7-17/h8,10-11H,3-7,9H2,1-2H3,(H,14,15,16). The number of anilines is 1. The van der Waals surface area contributed by atoms with Gasteiger partial charge < -0.3 is 5.32 Å². The van der Waals surface area contributed by atoms with Gasteiger partial charge in [-0.3, -0.25) is 4.90 Å². The van der Waals surface area contributed by atoms with Crippen LogP contribution in [0.15, 0.2) is 12.4 Å². The number of aryl methyl sites for hydroxylation is 1. The largest absolute Gasteiger partial charge is 0.368 e. The molecule has 0 radical (unpaired) electrons. The van der Waals surface area contributed by atoms with Crippen LogP contribution in [0.4, 0.5) is 5.82 Å². The predicted molar refractivity (Wildman–Crippen MR) is 70.2 cm³/mol. The minimum absolute atomic E-state index is 0.581. The number of hydrogen-bond donors (Lipinski definition) is 1. The molecule has 0 bridgehead atoms. The van der Waals surface area contributed by atoms with E-state index in [9.17, 15) is 0 Å². The number of nitrogens with one attached hydrogen (secondary N) is 1. The molecule has 1 saturated heterocycles. The summed E-state index contributed by atoms with van der Waals surface area (Å²) < 4.78 is 0. The third kappa shape index (κ3) is 3.40. The van der Waals surface area contributed by atoms with Crippen LogP contribution in [0.5, 0.6) is 0 Å². The van der Waals surface area contributed by atoms with E-state index in [1.54, 1.807) is 6.33 Å². The first kappa shape index (κ1) is 12.3. The smallest absolute Gasteiger partial charge is 0.129 e. The van der Waals surface area contributed by atoms with Crippen LogP contribution in [0.2, 0.25) is 0 Å². The average molecular weight is 234 g/mol. The fourth-order valence-electron chi connectivity index (χ4n) is 2.25. The summed E-state index contributed by atoms with van der Waals surface area (Å²) in [5, 5.41) is 3.40. The van der Waals surface area contributed by atoms with Gasteiger partial charge in [0.1, 0.15) is 12.1 Å². The maximum atomic E-state index is 4.25. The molecule has 1 aliphatic heterocycles. The number of rotatable bonds is 5. The van der Waals surface area contributed by atoms with Crippen LogP contribution in [0, 0.1) is 0 Å². The second kappa shape index (κ2) is 5.96. The first-order chi connectivity index (χ1) is 8.29. The van der Waals surface area contributed by atoms with Gasteiger partial charge in [0.05, 0.1) is 0 Å². The molecule has 0 aliphatic carbocycles. The lowest BCUT2D eigenvalue weighted by atomic mass is 10.3. The van der Waals surface area contributed by atoms with Crippen molar-refractivity contribution < 1.29 is 0 Å². The van der Waals surface area contributed by atoms with Gasteiger partial charge in [-0.2, -0.15) is 0 Å². The van der Waals surface area contributed by atoms with E-state index < -0.39 is 0 Å². The lowest BCUT2D eigenvalue weighted by Crippen LogP contribution is -2.35. The van der Waals surface area contributed by atoms with Crippen molar-refractivity contribution in [3.63, 3.8) is 0 Å². The van der Waals surface area contributed by atoms with Crippen molar-refractivity contribution in [2.75, 3.05) is 25.0 Å². The van der Waals surface area contributed by atoms with E-state index in [4.69, 9.17) is 0 Å². The Morgan fingerprint density at radius 1 is 1.35 bits per heavy atom. The molecule has 4 nitrogen and oxygen atoms in total. The molecule has 2 heterocycles. The van der Waals surface area contributed by atoms with Gasteiger partial charge in [0.25, 0.3) is 0 Å². The van der Waals surface area contributed by atoms with Crippen molar-refractivity contribution in [3.05, 3.63) is 18.1 Å².